The molecule has 2 bridgehead atoms. The Morgan fingerprint density at radius 1 is 1.29 bits per heavy atom. The number of H-pyrrole nitrogens is 1. The molecule has 3 atom stereocenters. The fourth-order valence-electron chi connectivity index (χ4n) is 4.36. The van der Waals surface area contributed by atoms with Gasteiger partial charge >= 0.3 is 0 Å². The Bertz CT molecular complexity index is 798. The van der Waals surface area contributed by atoms with E-state index in [2.05, 4.69) is 40.6 Å². The van der Waals surface area contributed by atoms with Crippen LogP contribution in [0.5, 0.6) is 0 Å². The van der Waals surface area contributed by atoms with Gasteiger partial charge in [0.2, 0.25) is 0 Å². The minimum Gasteiger partial charge on any atom is -0.331 e. The zero-order chi connectivity index (χ0) is 16.8. The summed E-state index contributed by atoms with van der Waals surface area (Å²) in [7, 11) is 2.29. The van der Waals surface area contributed by atoms with Gasteiger partial charge in [0, 0.05) is 28.8 Å². The van der Waals surface area contributed by atoms with Crippen molar-refractivity contribution in [2.24, 2.45) is 0 Å². The molecule has 3 heterocycles. The minimum absolute atomic E-state index is 0.676. The number of aromatic amines is 1. The second kappa shape index (κ2) is 6.67. The summed E-state index contributed by atoms with van der Waals surface area (Å²) in [6.07, 6.45) is 6.32. The van der Waals surface area contributed by atoms with Crippen molar-refractivity contribution in [3.05, 3.63) is 21.9 Å². The van der Waals surface area contributed by atoms with Gasteiger partial charge in [0.25, 0.3) is 0 Å². The van der Waals surface area contributed by atoms with Gasteiger partial charge in [-0.25, -0.2) is 0 Å². The summed E-state index contributed by atoms with van der Waals surface area (Å²) < 4.78 is 2.92. The Morgan fingerprint density at radius 3 is 2.67 bits per heavy atom. The predicted octanol–water partition coefficient (Wildman–Crippen LogP) is 5.48. The van der Waals surface area contributed by atoms with Crippen molar-refractivity contribution in [2.45, 2.75) is 67.8 Å². The number of nitrogens with one attached hydrogen (secondary N) is 1. The van der Waals surface area contributed by atoms with Crippen molar-refractivity contribution >= 4 is 46.6 Å². The van der Waals surface area contributed by atoms with Crippen molar-refractivity contribution in [1.82, 2.24) is 14.5 Å². The highest BCUT2D eigenvalue weighted by Gasteiger charge is 2.38. The van der Waals surface area contributed by atoms with Crippen LogP contribution in [0.15, 0.2) is 17.0 Å². The topological polar surface area (TPSA) is 24.0 Å². The number of imidazole rings is 1. The minimum atomic E-state index is 0.676. The van der Waals surface area contributed by atoms with Crippen LogP contribution in [0, 0.1) is 4.77 Å². The second-order valence-corrected chi connectivity index (χ2v) is 9.22. The van der Waals surface area contributed by atoms with Crippen molar-refractivity contribution < 1.29 is 0 Å². The molecule has 2 aliphatic heterocycles. The lowest BCUT2D eigenvalue weighted by Gasteiger charge is -2.36. The fourth-order valence-corrected chi connectivity index (χ4v) is 6.40. The standard InChI is InChI=1S/C18H24ClN3S2/c1-3-8-22-17-14(20-18(22)23)6-7-15(16(17)19)24-13-9-11-4-5-12(10-13)21(11)2/h6-7,11-13H,3-5,8-10H2,1-2H3,(H,20,23)/t11-,12+,13-. The Balaban J connectivity index is 1.64. The number of halogens is 1. The number of nitrogens with zero attached hydrogens (tertiary/aromatic N) is 2. The maximum absolute atomic E-state index is 6.81. The molecule has 0 saturated carbocycles. The maximum Gasteiger partial charge on any atom is 0.178 e. The average Bonchev–Trinajstić information content (AvgIpc) is 2.96. The fraction of sp³-hybridized carbons (Fsp3) is 0.611. The van der Waals surface area contributed by atoms with Gasteiger partial charge in [-0.1, -0.05) is 18.5 Å². The number of rotatable bonds is 4. The van der Waals surface area contributed by atoms with E-state index in [9.17, 15) is 0 Å². The third-order valence-corrected chi connectivity index (χ3v) is 7.76. The molecular weight excluding hydrogens is 358 g/mol. The molecule has 2 saturated heterocycles. The van der Waals surface area contributed by atoms with Crippen LogP contribution in [0.2, 0.25) is 5.02 Å². The number of fused-ring (bicyclic) bond motifs is 3. The molecule has 0 aliphatic carbocycles. The molecule has 1 aromatic carbocycles. The molecule has 2 aliphatic rings. The first-order valence-electron chi connectivity index (χ1n) is 8.88. The molecule has 0 radical (unpaired) electrons. The van der Waals surface area contributed by atoms with Gasteiger partial charge in [0.15, 0.2) is 4.77 Å². The van der Waals surface area contributed by atoms with Crippen LogP contribution < -0.4 is 0 Å². The van der Waals surface area contributed by atoms with Crippen molar-refractivity contribution in [3.8, 4) is 0 Å². The molecule has 2 aromatic rings. The van der Waals surface area contributed by atoms with Crippen LogP contribution in [-0.2, 0) is 6.54 Å². The smallest absolute Gasteiger partial charge is 0.178 e. The van der Waals surface area contributed by atoms with E-state index in [0.717, 1.165) is 45.9 Å². The monoisotopic (exact) mass is 381 g/mol. The molecule has 4 rings (SSSR count). The molecule has 0 amide bonds. The largest absolute Gasteiger partial charge is 0.331 e. The summed E-state index contributed by atoms with van der Waals surface area (Å²) >= 11 is 14.3. The average molecular weight is 382 g/mol. The van der Waals surface area contributed by atoms with Gasteiger partial charge in [-0.3, -0.25) is 0 Å². The highest BCUT2D eigenvalue weighted by Crippen LogP contribution is 2.44. The Kier molecular flexibility index (Phi) is 4.71. The molecule has 130 valence electrons. The second-order valence-electron chi connectivity index (χ2n) is 7.12. The molecule has 2 fully saturated rings. The zero-order valence-electron chi connectivity index (χ0n) is 14.2. The summed E-state index contributed by atoms with van der Waals surface area (Å²) in [5, 5.41) is 1.54. The van der Waals surface area contributed by atoms with Crippen LogP contribution in [-0.4, -0.2) is 38.8 Å². The summed E-state index contributed by atoms with van der Waals surface area (Å²) in [5.74, 6) is 0. The lowest BCUT2D eigenvalue weighted by atomic mass is 10.0. The van der Waals surface area contributed by atoms with Crippen LogP contribution in [0.3, 0.4) is 0 Å². The van der Waals surface area contributed by atoms with Crippen LogP contribution in [0.4, 0.5) is 0 Å². The number of thioether (sulfide) groups is 1. The lowest BCUT2D eigenvalue weighted by molar-refractivity contribution is 0.183. The van der Waals surface area contributed by atoms with E-state index in [1.807, 2.05) is 11.8 Å². The highest BCUT2D eigenvalue weighted by atomic mass is 35.5. The van der Waals surface area contributed by atoms with Gasteiger partial charge in [-0.2, -0.15) is 0 Å². The van der Waals surface area contributed by atoms with E-state index in [0.29, 0.717) is 5.25 Å². The molecule has 6 heteroatoms. The SMILES string of the molecule is CCCn1c(=S)[nH]c2ccc(S[C@@H]3C[C@H]4CC[C@@H](C3)N4C)c(Cl)c21. The summed E-state index contributed by atoms with van der Waals surface area (Å²) in [4.78, 5) is 7.09. The zero-order valence-corrected chi connectivity index (χ0v) is 16.6. The Hall–Kier alpha value is -0.490. The van der Waals surface area contributed by atoms with Gasteiger partial charge in [0.05, 0.1) is 16.1 Å². The molecule has 0 unspecified atom stereocenters. The van der Waals surface area contributed by atoms with Gasteiger partial charge < -0.3 is 14.5 Å². The third kappa shape index (κ3) is 2.83. The molecule has 24 heavy (non-hydrogen) atoms. The summed E-state index contributed by atoms with van der Waals surface area (Å²) in [5.41, 5.74) is 2.12. The summed E-state index contributed by atoms with van der Waals surface area (Å²) in [6, 6.07) is 5.83. The van der Waals surface area contributed by atoms with E-state index in [1.54, 1.807) is 0 Å². The van der Waals surface area contributed by atoms with Crippen LogP contribution >= 0.6 is 35.6 Å². The Labute approximate surface area is 157 Å². The van der Waals surface area contributed by atoms with E-state index >= 15 is 0 Å². The molecular formula is C18H24ClN3S2. The van der Waals surface area contributed by atoms with Crippen LogP contribution in [0.1, 0.15) is 39.0 Å². The van der Waals surface area contributed by atoms with Gasteiger partial charge in [-0.05, 0) is 63.5 Å². The van der Waals surface area contributed by atoms with E-state index in [1.165, 1.54) is 30.6 Å². The maximum atomic E-state index is 6.81. The first-order valence-corrected chi connectivity index (χ1v) is 10.5. The number of piperidine rings is 1. The number of hydrogen-bond donors (Lipinski definition) is 1. The van der Waals surface area contributed by atoms with Gasteiger partial charge in [-0.15, -0.1) is 11.8 Å². The van der Waals surface area contributed by atoms with Crippen molar-refractivity contribution in [2.75, 3.05) is 7.05 Å². The first kappa shape index (κ1) is 17.0. The van der Waals surface area contributed by atoms with E-state index in [4.69, 9.17) is 23.8 Å². The number of hydrogen-bond acceptors (Lipinski definition) is 3. The molecule has 1 aromatic heterocycles. The van der Waals surface area contributed by atoms with Crippen molar-refractivity contribution in [1.29, 1.82) is 0 Å². The predicted molar refractivity (Wildman–Crippen MR) is 106 cm³/mol. The quantitative estimate of drug-likeness (QED) is 0.709. The van der Waals surface area contributed by atoms with Gasteiger partial charge in [0.1, 0.15) is 0 Å². The van der Waals surface area contributed by atoms with E-state index < -0.39 is 0 Å². The molecule has 1 N–H and O–H groups in total. The van der Waals surface area contributed by atoms with E-state index in [-0.39, 0.29) is 0 Å². The van der Waals surface area contributed by atoms with Crippen molar-refractivity contribution in [3.63, 3.8) is 0 Å². The number of benzene rings is 1. The highest BCUT2D eigenvalue weighted by molar-refractivity contribution is 8.00. The normalized spacial score (nSPS) is 27.2. The summed E-state index contributed by atoms with van der Waals surface area (Å²) in [6.45, 7) is 3.08. The lowest BCUT2D eigenvalue weighted by Crippen LogP contribution is -2.40. The Morgan fingerprint density at radius 2 is 2.00 bits per heavy atom. The number of aromatic nitrogens is 2. The molecule has 0 spiro atoms. The van der Waals surface area contributed by atoms with Crippen LogP contribution in [0.25, 0.3) is 11.0 Å². The first-order chi connectivity index (χ1) is 11.6. The third-order valence-electron chi connectivity index (χ3n) is 5.63. The number of aryl methyl sites for hydroxylation is 1. The molecule has 3 nitrogen and oxygen atoms in total.